The minimum Gasteiger partial charge on any atom is -0.350 e. The molecule has 2 N–H and O–H groups in total. The topological polar surface area (TPSA) is 113 Å². The molecule has 0 radical (unpaired) electrons. The first-order chi connectivity index (χ1) is 15.3. The van der Waals surface area contributed by atoms with Crippen LogP contribution in [-0.2, 0) is 0 Å². The zero-order valence-electron chi connectivity index (χ0n) is 18.7. The Bertz CT molecular complexity index is 1100. The molecule has 0 atom stereocenters. The third-order valence-electron chi connectivity index (χ3n) is 4.78. The van der Waals surface area contributed by atoms with E-state index in [9.17, 15) is 14.9 Å². The number of nitrogens with one attached hydrogen (secondary N) is 2. The van der Waals surface area contributed by atoms with Crippen molar-refractivity contribution in [3.8, 4) is 0 Å². The molecule has 0 fully saturated rings. The summed E-state index contributed by atoms with van der Waals surface area (Å²) < 4.78 is 0. The highest BCUT2D eigenvalue weighted by Crippen LogP contribution is 2.32. The van der Waals surface area contributed by atoms with E-state index >= 15 is 0 Å². The van der Waals surface area contributed by atoms with E-state index in [2.05, 4.69) is 20.8 Å². The third kappa shape index (κ3) is 5.29. The molecule has 1 amide bonds. The van der Waals surface area contributed by atoms with Gasteiger partial charge in [0.05, 0.1) is 4.92 Å². The van der Waals surface area contributed by atoms with Crippen molar-refractivity contribution in [3.05, 3.63) is 64.5 Å². The van der Waals surface area contributed by atoms with E-state index in [4.69, 9.17) is 0 Å². The summed E-state index contributed by atoms with van der Waals surface area (Å²) in [7, 11) is 0. The van der Waals surface area contributed by atoms with Crippen molar-refractivity contribution < 1.29 is 9.72 Å². The van der Waals surface area contributed by atoms with E-state index in [1.807, 2.05) is 62.9 Å². The van der Waals surface area contributed by atoms with Crippen molar-refractivity contribution in [1.82, 2.24) is 15.4 Å². The molecular weight excluding hydrogens is 408 g/mol. The van der Waals surface area contributed by atoms with Crippen LogP contribution in [0.3, 0.4) is 0 Å². The number of nitro groups is 1. The molecule has 9 nitrogen and oxygen atoms in total. The lowest BCUT2D eigenvalue weighted by Crippen LogP contribution is -2.34. The fourth-order valence-corrected chi connectivity index (χ4v) is 3.60. The van der Waals surface area contributed by atoms with Gasteiger partial charge in [-0.1, -0.05) is 64.1 Å². The van der Waals surface area contributed by atoms with Crippen LogP contribution in [0.2, 0.25) is 0 Å². The molecule has 0 aliphatic carbocycles. The van der Waals surface area contributed by atoms with Gasteiger partial charge >= 0.3 is 5.69 Å². The number of rotatable bonds is 9. The van der Waals surface area contributed by atoms with Crippen LogP contribution in [0.1, 0.15) is 38.1 Å². The SMILES string of the molecule is CC(C)CN(CC(C)C)c1ncnc(NNC(=O)c2cccc3ccccc23)c1[N+](=O)[O-]. The van der Waals surface area contributed by atoms with Crippen LogP contribution in [-0.4, -0.2) is 33.9 Å². The molecule has 3 rings (SSSR count). The number of fused-ring (bicyclic) bond motifs is 1. The van der Waals surface area contributed by atoms with Gasteiger partial charge < -0.3 is 4.90 Å². The first kappa shape index (κ1) is 22.9. The number of anilines is 2. The van der Waals surface area contributed by atoms with Gasteiger partial charge in [0.1, 0.15) is 6.33 Å². The molecule has 0 aliphatic heterocycles. The predicted octanol–water partition coefficient (Wildman–Crippen LogP) is 4.41. The number of hydrogen-bond donors (Lipinski definition) is 2. The number of hydrazine groups is 1. The summed E-state index contributed by atoms with van der Waals surface area (Å²) in [6.07, 6.45) is 1.27. The summed E-state index contributed by atoms with van der Waals surface area (Å²) in [5.41, 5.74) is 5.37. The normalized spacial score (nSPS) is 11.1. The molecule has 0 unspecified atom stereocenters. The maximum absolute atomic E-state index is 12.8. The van der Waals surface area contributed by atoms with Crippen LogP contribution in [0.15, 0.2) is 48.8 Å². The molecule has 168 valence electrons. The van der Waals surface area contributed by atoms with Gasteiger partial charge in [0.25, 0.3) is 5.91 Å². The van der Waals surface area contributed by atoms with Crippen molar-refractivity contribution in [3.63, 3.8) is 0 Å². The maximum Gasteiger partial charge on any atom is 0.355 e. The molecule has 9 heteroatoms. The lowest BCUT2D eigenvalue weighted by molar-refractivity contribution is -0.383. The van der Waals surface area contributed by atoms with E-state index in [0.29, 0.717) is 18.7 Å². The average Bonchev–Trinajstić information content (AvgIpc) is 2.75. The van der Waals surface area contributed by atoms with E-state index in [-0.39, 0.29) is 29.2 Å². The standard InChI is InChI=1S/C23H28N6O3/c1-15(2)12-28(13-16(3)4)22-20(29(31)32)21(24-14-25-22)26-27-23(30)19-11-7-9-17-8-5-6-10-18(17)19/h5-11,14-16H,12-13H2,1-4H3,(H,27,30)(H,24,25,26). The molecule has 1 heterocycles. The highest BCUT2D eigenvalue weighted by Gasteiger charge is 2.28. The first-order valence-electron chi connectivity index (χ1n) is 10.6. The second-order valence-corrected chi connectivity index (χ2v) is 8.45. The second kappa shape index (κ2) is 10.0. The Hall–Kier alpha value is -3.75. The number of carbonyl (C=O) groups is 1. The van der Waals surface area contributed by atoms with Gasteiger partial charge in [-0.15, -0.1) is 0 Å². The Kier molecular flexibility index (Phi) is 7.19. The monoisotopic (exact) mass is 436 g/mol. The zero-order chi connectivity index (χ0) is 23.3. The Morgan fingerprint density at radius 3 is 2.34 bits per heavy atom. The van der Waals surface area contributed by atoms with Crippen LogP contribution in [0.5, 0.6) is 0 Å². The number of benzene rings is 2. The van der Waals surface area contributed by atoms with Gasteiger partial charge in [-0.25, -0.2) is 9.97 Å². The summed E-state index contributed by atoms with van der Waals surface area (Å²) >= 11 is 0. The largest absolute Gasteiger partial charge is 0.355 e. The minimum atomic E-state index is -0.518. The fourth-order valence-electron chi connectivity index (χ4n) is 3.60. The molecule has 0 aliphatic rings. The van der Waals surface area contributed by atoms with Gasteiger partial charge in [-0.2, -0.15) is 0 Å². The lowest BCUT2D eigenvalue weighted by Gasteiger charge is -2.27. The van der Waals surface area contributed by atoms with Crippen molar-refractivity contribution in [2.24, 2.45) is 11.8 Å². The lowest BCUT2D eigenvalue weighted by atomic mass is 10.0. The van der Waals surface area contributed by atoms with E-state index in [1.54, 1.807) is 12.1 Å². The third-order valence-corrected chi connectivity index (χ3v) is 4.78. The van der Waals surface area contributed by atoms with Gasteiger partial charge in [0.2, 0.25) is 11.6 Å². The van der Waals surface area contributed by atoms with Crippen LogP contribution >= 0.6 is 0 Å². The molecule has 2 aromatic carbocycles. The number of hydrogen-bond acceptors (Lipinski definition) is 7. The first-order valence-corrected chi connectivity index (χ1v) is 10.6. The molecule has 32 heavy (non-hydrogen) atoms. The summed E-state index contributed by atoms with van der Waals surface area (Å²) in [5.74, 6) is 0.314. The number of carbonyl (C=O) groups excluding carboxylic acids is 1. The summed E-state index contributed by atoms with van der Waals surface area (Å²) in [6, 6.07) is 12.9. The summed E-state index contributed by atoms with van der Waals surface area (Å²) in [6.45, 7) is 9.40. The molecule has 0 spiro atoms. The van der Waals surface area contributed by atoms with E-state index in [0.717, 1.165) is 10.8 Å². The molecule has 0 saturated carbocycles. The van der Waals surface area contributed by atoms with Gasteiger partial charge in [0.15, 0.2) is 0 Å². The van der Waals surface area contributed by atoms with Gasteiger partial charge in [0, 0.05) is 18.7 Å². The minimum absolute atomic E-state index is 0.0638. The molecule has 1 aromatic heterocycles. The molecule has 0 bridgehead atoms. The van der Waals surface area contributed by atoms with Crippen molar-refractivity contribution >= 4 is 34.0 Å². The predicted molar refractivity (Wildman–Crippen MR) is 126 cm³/mol. The molecular formula is C23H28N6O3. The Balaban J connectivity index is 1.90. The van der Waals surface area contributed by atoms with Gasteiger partial charge in [-0.05, 0) is 28.7 Å². The fraction of sp³-hybridized carbons (Fsp3) is 0.348. The molecule has 3 aromatic rings. The summed E-state index contributed by atoms with van der Waals surface area (Å²) in [4.78, 5) is 34.4. The van der Waals surface area contributed by atoms with E-state index < -0.39 is 10.8 Å². The van der Waals surface area contributed by atoms with Crippen molar-refractivity contribution in [2.45, 2.75) is 27.7 Å². The maximum atomic E-state index is 12.8. The van der Waals surface area contributed by atoms with Crippen LogP contribution < -0.4 is 15.8 Å². The van der Waals surface area contributed by atoms with Crippen molar-refractivity contribution in [2.75, 3.05) is 23.4 Å². The number of nitrogens with zero attached hydrogens (tertiary/aromatic N) is 4. The van der Waals surface area contributed by atoms with Gasteiger partial charge in [-0.3, -0.25) is 25.8 Å². The quantitative estimate of drug-likeness (QED) is 0.377. The highest BCUT2D eigenvalue weighted by molar-refractivity contribution is 6.07. The van der Waals surface area contributed by atoms with Crippen molar-refractivity contribution in [1.29, 1.82) is 0 Å². The Labute approximate surface area is 187 Å². The second-order valence-electron chi connectivity index (χ2n) is 8.45. The number of amides is 1. The molecule has 0 saturated heterocycles. The number of aromatic nitrogens is 2. The Morgan fingerprint density at radius 2 is 1.69 bits per heavy atom. The van der Waals surface area contributed by atoms with Crippen LogP contribution in [0, 0.1) is 22.0 Å². The highest BCUT2D eigenvalue weighted by atomic mass is 16.6. The zero-order valence-corrected chi connectivity index (χ0v) is 18.7. The smallest absolute Gasteiger partial charge is 0.350 e. The average molecular weight is 437 g/mol. The summed E-state index contributed by atoms with van der Waals surface area (Å²) in [5, 5.41) is 13.7. The Morgan fingerprint density at radius 1 is 1.03 bits per heavy atom. The van der Waals surface area contributed by atoms with E-state index in [1.165, 1.54) is 6.33 Å². The van der Waals surface area contributed by atoms with Crippen LogP contribution in [0.25, 0.3) is 10.8 Å². The van der Waals surface area contributed by atoms with Crippen LogP contribution in [0.4, 0.5) is 17.3 Å².